The van der Waals surface area contributed by atoms with Crippen LogP contribution in [0, 0.1) is 5.92 Å². The standard InChI is InChI=1S/C20H29N5O4/c26-19(23-16-2-1-3-17(12-16)25-6-5-21-20(25)27)22-13-18(15-4-9-29-14-15)24-7-10-28-11-8-24/h1-3,12,15,18H,4-11,13-14H2,(H,21,27)(H2,22,23,26)/t15-,18+/m1/s1. The van der Waals surface area contributed by atoms with Gasteiger partial charge in [0.15, 0.2) is 0 Å². The van der Waals surface area contributed by atoms with Crippen LogP contribution in [0.15, 0.2) is 24.3 Å². The average molecular weight is 403 g/mol. The Labute approximate surface area is 170 Å². The molecule has 29 heavy (non-hydrogen) atoms. The highest BCUT2D eigenvalue weighted by atomic mass is 16.5. The Morgan fingerprint density at radius 1 is 1.21 bits per heavy atom. The number of hydrogen-bond donors (Lipinski definition) is 3. The molecule has 4 amide bonds. The van der Waals surface area contributed by atoms with Gasteiger partial charge in [0.05, 0.1) is 19.8 Å². The molecule has 0 aliphatic carbocycles. The van der Waals surface area contributed by atoms with Crippen molar-refractivity contribution in [2.45, 2.75) is 12.5 Å². The fourth-order valence-electron chi connectivity index (χ4n) is 4.20. The van der Waals surface area contributed by atoms with Gasteiger partial charge in [-0.05, 0) is 24.6 Å². The molecule has 158 valence electrons. The summed E-state index contributed by atoms with van der Waals surface area (Å²) in [7, 11) is 0. The second-order valence-corrected chi connectivity index (χ2v) is 7.61. The monoisotopic (exact) mass is 403 g/mol. The lowest BCUT2D eigenvalue weighted by Gasteiger charge is -2.37. The Morgan fingerprint density at radius 2 is 2.07 bits per heavy atom. The zero-order valence-electron chi connectivity index (χ0n) is 16.6. The van der Waals surface area contributed by atoms with Gasteiger partial charge in [0.25, 0.3) is 0 Å². The number of rotatable bonds is 6. The molecular formula is C20H29N5O4. The molecule has 0 unspecified atom stereocenters. The third kappa shape index (κ3) is 4.98. The molecule has 0 bridgehead atoms. The first-order valence-corrected chi connectivity index (χ1v) is 10.3. The largest absolute Gasteiger partial charge is 0.381 e. The molecule has 0 aromatic heterocycles. The van der Waals surface area contributed by atoms with Crippen molar-refractivity contribution >= 4 is 23.4 Å². The minimum absolute atomic E-state index is 0.112. The number of amides is 4. The summed E-state index contributed by atoms with van der Waals surface area (Å²) >= 11 is 0. The molecule has 3 saturated heterocycles. The third-order valence-electron chi connectivity index (χ3n) is 5.77. The fourth-order valence-corrected chi connectivity index (χ4v) is 4.20. The lowest BCUT2D eigenvalue weighted by molar-refractivity contribution is 0.00222. The second kappa shape index (κ2) is 9.43. The summed E-state index contributed by atoms with van der Waals surface area (Å²) < 4.78 is 11.1. The van der Waals surface area contributed by atoms with E-state index in [0.717, 1.165) is 51.6 Å². The van der Waals surface area contributed by atoms with Crippen LogP contribution in [0.4, 0.5) is 21.0 Å². The Bertz CT molecular complexity index is 719. The van der Waals surface area contributed by atoms with Gasteiger partial charge in [-0.25, -0.2) is 9.59 Å². The van der Waals surface area contributed by atoms with Crippen molar-refractivity contribution in [2.75, 3.05) is 69.4 Å². The third-order valence-corrected chi connectivity index (χ3v) is 5.77. The van der Waals surface area contributed by atoms with Crippen LogP contribution in [-0.2, 0) is 9.47 Å². The molecular weight excluding hydrogens is 374 g/mol. The molecule has 3 heterocycles. The van der Waals surface area contributed by atoms with Gasteiger partial charge in [-0.2, -0.15) is 0 Å². The SMILES string of the molecule is O=C(NC[C@@H]([C@@H]1CCOC1)N1CCOCC1)Nc1cccc(N2CCNC2=O)c1. The van der Waals surface area contributed by atoms with Crippen molar-refractivity contribution in [1.29, 1.82) is 0 Å². The van der Waals surface area contributed by atoms with Crippen molar-refractivity contribution in [3.05, 3.63) is 24.3 Å². The summed E-state index contributed by atoms with van der Waals surface area (Å²) in [6.07, 6.45) is 1.02. The van der Waals surface area contributed by atoms with E-state index in [1.54, 1.807) is 4.90 Å². The van der Waals surface area contributed by atoms with Gasteiger partial charge >= 0.3 is 12.1 Å². The van der Waals surface area contributed by atoms with Crippen LogP contribution in [0.3, 0.4) is 0 Å². The van der Waals surface area contributed by atoms with Gasteiger partial charge in [-0.3, -0.25) is 9.80 Å². The molecule has 9 nitrogen and oxygen atoms in total. The van der Waals surface area contributed by atoms with Crippen molar-refractivity contribution in [3.63, 3.8) is 0 Å². The highest BCUT2D eigenvalue weighted by Gasteiger charge is 2.31. The molecule has 3 aliphatic rings. The number of urea groups is 2. The number of carbonyl (C=O) groups excluding carboxylic acids is 2. The van der Waals surface area contributed by atoms with Crippen molar-refractivity contribution in [1.82, 2.24) is 15.5 Å². The Balaban J connectivity index is 1.34. The number of anilines is 2. The summed E-state index contributed by atoms with van der Waals surface area (Å²) in [5.41, 5.74) is 1.43. The van der Waals surface area contributed by atoms with E-state index in [1.165, 1.54) is 0 Å². The van der Waals surface area contributed by atoms with E-state index in [9.17, 15) is 9.59 Å². The molecule has 3 fully saturated rings. The molecule has 1 aromatic rings. The molecule has 3 aliphatic heterocycles. The normalized spacial score (nSPS) is 23.7. The lowest BCUT2D eigenvalue weighted by Crippen LogP contribution is -2.52. The smallest absolute Gasteiger partial charge is 0.321 e. The maximum Gasteiger partial charge on any atom is 0.321 e. The number of hydrogen-bond acceptors (Lipinski definition) is 5. The van der Waals surface area contributed by atoms with Crippen LogP contribution in [0.25, 0.3) is 0 Å². The molecule has 1 aromatic carbocycles. The summed E-state index contributed by atoms with van der Waals surface area (Å²) in [4.78, 5) is 28.4. The summed E-state index contributed by atoms with van der Waals surface area (Å²) in [5, 5.41) is 8.69. The van der Waals surface area contributed by atoms with Crippen molar-refractivity contribution < 1.29 is 19.1 Å². The molecule has 0 saturated carbocycles. The van der Waals surface area contributed by atoms with Gasteiger partial charge in [0, 0.05) is 62.7 Å². The van der Waals surface area contributed by atoms with E-state index in [0.29, 0.717) is 31.2 Å². The van der Waals surface area contributed by atoms with E-state index in [-0.39, 0.29) is 18.1 Å². The van der Waals surface area contributed by atoms with Gasteiger partial charge in [-0.1, -0.05) is 6.07 Å². The first-order valence-electron chi connectivity index (χ1n) is 10.3. The lowest BCUT2D eigenvalue weighted by atomic mass is 9.97. The van der Waals surface area contributed by atoms with Gasteiger partial charge in [0.2, 0.25) is 0 Å². The minimum atomic E-state index is -0.245. The topological polar surface area (TPSA) is 95.2 Å². The van der Waals surface area contributed by atoms with E-state index in [2.05, 4.69) is 20.9 Å². The van der Waals surface area contributed by atoms with Gasteiger partial charge in [0.1, 0.15) is 0 Å². The minimum Gasteiger partial charge on any atom is -0.381 e. The van der Waals surface area contributed by atoms with Crippen LogP contribution < -0.4 is 20.9 Å². The zero-order valence-corrected chi connectivity index (χ0v) is 16.6. The Morgan fingerprint density at radius 3 is 2.79 bits per heavy atom. The maximum absolute atomic E-state index is 12.5. The van der Waals surface area contributed by atoms with E-state index in [4.69, 9.17) is 9.47 Å². The highest BCUT2D eigenvalue weighted by molar-refractivity contribution is 5.95. The van der Waals surface area contributed by atoms with Crippen molar-refractivity contribution in [2.24, 2.45) is 5.92 Å². The van der Waals surface area contributed by atoms with E-state index >= 15 is 0 Å². The Kier molecular flexibility index (Phi) is 6.48. The maximum atomic E-state index is 12.5. The zero-order chi connectivity index (χ0) is 20.1. The molecule has 4 rings (SSSR count). The first kappa shape index (κ1) is 19.9. The first-order chi connectivity index (χ1) is 14.2. The van der Waals surface area contributed by atoms with Gasteiger partial charge in [-0.15, -0.1) is 0 Å². The molecule has 0 spiro atoms. The van der Waals surface area contributed by atoms with Crippen LogP contribution >= 0.6 is 0 Å². The molecule has 0 radical (unpaired) electrons. The van der Waals surface area contributed by atoms with Crippen LogP contribution in [0.2, 0.25) is 0 Å². The molecule has 9 heteroatoms. The summed E-state index contributed by atoms with van der Waals surface area (Å²) in [5.74, 6) is 0.422. The van der Waals surface area contributed by atoms with Crippen LogP contribution in [0.1, 0.15) is 6.42 Å². The number of nitrogens with one attached hydrogen (secondary N) is 3. The van der Waals surface area contributed by atoms with Gasteiger partial charge < -0.3 is 25.4 Å². The number of morpholine rings is 1. The molecule has 2 atom stereocenters. The Hall–Kier alpha value is -2.36. The van der Waals surface area contributed by atoms with Crippen LogP contribution in [-0.4, -0.2) is 82.2 Å². The molecule has 3 N–H and O–H groups in total. The number of ether oxygens (including phenoxy) is 2. The predicted octanol–water partition coefficient (Wildman–Crippen LogP) is 1.08. The summed E-state index contributed by atoms with van der Waals surface area (Å²) in [6, 6.07) is 7.22. The van der Waals surface area contributed by atoms with E-state index in [1.807, 2.05) is 24.3 Å². The highest BCUT2D eigenvalue weighted by Crippen LogP contribution is 2.23. The average Bonchev–Trinajstić information content (AvgIpc) is 3.41. The second-order valence-electron chi connectivity index (χ2n) is 7.61. The predicted molar refractivity (Wildman–Crippen MR) is 109 cm³/mol. The van der Waals surface area contributed by atoms with Crippen LogP contribution in [0.5, 0.6) is 0 Å². The van der Waals surface area contributed by atoms with Crippen molar-refractivity contribution in [3.8, 4) is 0 Å². The number of benzene rings is 1. The quantitative estimate of drug-likeness (QED) is 0.661. The fraction of sp³-hybridized carbons (Fsp3) is 0.600. The number of nitrogens with zero attached hydrogens (tertiary/aromatic N) is 2. The van der Waals surface area contributed by atoms with E-state index < -0.39 is 0 Å². The number of carbonyl (C=O) groups is 2. The summed E-state index contributed by atoms with van der Waals surface area (Å²) in [6.45, 7) is 6.56.